The molecule has 0 fully saturated rings. The van der Waals surface area contributed by atoms with Crippen molar-refractivity contribution >= 4 is 5.91 Å². The maximum absolute atomic E-state index is 13.8. The van der Waals surface area contributed by atoms with Crippen molar-refractivity contribution in [1.82, 2.24) is 5.32 Å². The molecule has 7 nitrogen and oxygen atoms in total. The van der Waals surface area contributed by atoms with Gasteiger partial charge in [0, 0.05) is 19.4 Å². The molecule has 0 aliphatic heterocycles. The molecule has 1 amide bonds. The Morgan fingerprint density at radius 3 is 1.43 bits per heavy atom. The van der Waals surface area contributed by atoms with Crippen LogP contribution in [0, 0.1) is 0 Å². The summed E-state index contributed by atoms with van der Waals surface area (Å²) in [5.74, 6) is -53.8. The third-order valence-electron chi connectivity index (χ3n) is 5.35. The van der Waals surface area contributed by atoms with Crippen LogP contribution in [0.1, 0.15) is 19.8 Å². The molecular formula is C20H25F17N2O5. The Hall–Kier alpha value is -1.92. The molecule has 264 valence electrons. The van der Waals surface area contributed by atoms with Crippen LogP contribution in [0.3, 0.4) is 0 Å². The Labute approximate surface area is 236 Å². The van der Waals surface area contributed by atoms with E-state index >= 15 is 0 Å². The molecule has 0 aliphatic carbocycles. The number of hydrogen-bond acceptors (Lipinski definition) is 6. The smallest absolute Gasteiger partial charge is 0.377 e. The number of nitrogens with one attached hydrogen (secondary N) is 1. The first-order valence-electron chi connectivity index (χ1n) is 11.7. The summed E-state index contributed by atoms with van der Waals surface area (Å²) in [5.41, 5.74) is 0. The van der Waals surface area contributed by atoms with E-state index < -0.39 is 72.9 Å². The fourth-order valence-corrected chi connectivity index (χ4v) is 2.70. The summed E-state index contributed by atoms with van der Waals surface area (Å²) in [6.07, 6.45) is -13.0. The Morgan fingerprint density at radius 2 is 1.00 bits per heavy atom. The zero-order chi connectivity index (χ0) is 35.1. The summed E-state index contributed by atoms with van der Waals surface area (Å²) in [6, 6.07) is 0. The van der Waals surface area contributed by atoms with Gasteiger partial charge in [0.2, 0.25) is 5.91 Å². The van der Waals surface area contributed by atoms with Gasteiger partial charge in [-0.25, -0.2) is 5.90 Å². The normalized spacial score (nSPS) is 15.4. The lowest BCUT2D eigenvalue weighted by Crippen LogP contribution is -2.74. The van der Waals surface area contributed by atoms with Gasteiger partial charge >= 0.3 is 47.6 Å². The van der Waals surface area contributed by atoms with E-state index in [-0.39, 0.29) is 45.7 Å². The first-order valence-corrected chi connectivity index (χ1v) is 11.7. The Balaban J connectivity index is 5.12. The summed E-state index contributed by atoms with van der Waals surface area (Å²) in [5, 5.41) is 1.72. The quantitative estimate of drug-likeness (QED) is 0.0973. The van der Waals surface area contributed by atoms with E-state index in [2.05, 4.69) is 4.84 Å². The third-order valence-corrected chi connectivity index (χ3v) is 5.35. The minimum Gasteiger partial charge on any atom is -0.377 e. The van der Waals surface area contributed by atoms with Crippen LogP contribution in [0.4, 0.5) is 74.6 Å². The van der Waals surface area contributed by atoms with Crippen LogP contribution < -0.4 is 11.2 Å². The van der Waals surface area contributed by atoms with E-state index in [9.17, 15) is 79.4 Å². The number of hydrogen-bond donors (Lipinski definition) is 2. The standard InChI is InChI=1S/C20H25F17N2O5/c1-11(44-38)10-43-9-8-42-7-6-41-5-4-39-12(40)2-3-13(21,22)14(23,24)15(25,26)16(27,28)17(29,30)18(31,32)19(33,34)20(35,36)37/h11H,2-10,38H2,1H3,(H,39,40). The van der Waals surface area contributed by atoms with Crippen molar-refractivity contribution in [3.63, 3.8) is 0 Å². The van der Waals surface area contributed by atoms with E-state index in [1.807, 2.05) is 0 Å². The Morgan fingerprint density at radius 1 is 0.614 bits per heavy atom. The van der Waals surface area contributed by atoms with Gasteiger partial charge in [-0.05, 0) is 6.92 Å². The van der Waals surface area contributed by atoms with Crippen LogP contribution in [-0.2, 0) is 23.8 Å². The average Bonchev–Trinajstić information content (AvgIpc) is 2.88. The van der Waals surface area contributed by atoms with Crippen molar-refractivity contribution < 1.29 is 98.5 Å². The molecule has 0 aliphatic rings. The van der Waals surface area contributed by atoms with E-state index in [4.69, 9.17) is 20.1 Å². The van der Waals surface area contributed by atoms with Crippen molar-refractivity contribution in [2.45, 2.75) is 73.5 Å². The number of amides is 1. The van der Waals surface area contributed by atoms with E-state index in [1.54, 1.807) is 12.2 Å². The van der Waals surface area contributed by atoms with E-state index in [0.717, 1.165) is 0 Å². The molecule has 3 N–H and O–H groups in total. The first-order chi connectivity index (χ1) is 19.6. The maximum atomic E-state index is 13.8. The van der Waals surface area contributed by atoms with Crippen molar-refractivity contribution in [1.29, 1.82) is 0 Å². The third kappa shape index (κ3) is 8.87. The second-order valence-corrected chi connectivity index (χ2v) is 8.74. The van der Waals surface area contributed by atoms with Crippen molar-refractivity contribution in [2.24, 2.45) is 5.90 Å². The molecule has 44 heavy (non-hydrogen) atoms. The zero-order valence-electron chi connectivity index (χ0n) is 22.0. The topological polar surface area (TPSA) is 92.0 Å². The second-order valence-electron chi connectivity index (χ2n) is 8.74. The highest BCUT2D eigenvalue weighted by atomic mass is 19.4. The predicted molar refractivity (Wildman–Crippen MR) is 110 cm³/mol. The lowest BCUT2D eigenvalue weighted by Gasteiger charge is -2.42. The molecule has 0 rings (SSSR count). The van der Waals surface area contributed by atoms with Crippen molar-refractivity contribution in [2.75, 3.05) is 46.2 Å². The molecule has 0 spiro atoms. The summed E-state index contributed by atoms with van der Waals surface area (Å²) < 4.78 is 240. The lowest BCUT2D eigenvalue weighted by molar-refractivity contribution is -0.461. The van der Waals surface area contributed by atoms with Gasteiger partial charge in [-0.2, -0.15) is 74.6 Å². The summed E-state index contributed by atoms with van der Waals surface area (Å²) in [6.45, 7) is 0.928. The first kappa shape index (κ1) is 42.1. The largest absolute Gasteiger partial charge is 0.460 e. The van der Waals surface area contributed by atoms with Crippen LogP contribution in [0.5, 0.6) is 0 Å². The van der Waals surface area contributed by atoms with Gasteiger partial charge in [-0.15, -0.1) is 0 Å². The van der Waals surface area contributed by atoms with Crippen LogP contribution in [0.2, 0.25) is 0 Å². The predicted octanol–water partition coefficient (Wildman–Crippen LogP) is 5.22. The number of carbonyl (C=O) groups is 1. The van der Waals surface area contributed by atoms with Gasteiger partial charge < -0.3 is 19.5 Å². The van der Waals surface area contributed by atoms with Crippen LogP contribution in [-0.4, -0.2) is 106 Å². The van der Waals surface area contributed by atoms with Crippen molar-refractivity contribution in [3.05, 3.63) is 0 Å². The van der Waals surface area contributed by atoms with Gasteiger partial charge in [0.15, 0.2) is 0 Å². The monoisotopic (exact) mass is 696 g/mol. The van der Waals surface area contributed by atoms with Crippen LogP contribution >= 0.6 is 0 Å². The molecule has 0 aromatic heterocycles. The Kier molecular flexibility index (Phi) is 14.5. The molecular weight excluding hydrogens is 671 g/mol. The Bertz CT molecular complexity index is 902. The fourth-order valence-electron chi connectivity index (χ4n) is 2.70. The number of nitrogens with two attached hydrogens (primary N) is 1. The second kappa shape index (κ2) is 15.1. The van der Waals surface area contributed by atoms with Crippen LogP contribution in [0.15, 0.2) is 0 Å². The molecule has 0 radical (unpaired) electrons. The average molecular weight is 696 g/mol. The maximum Gasteiger partial charge on any atom is 0.460 e. The highest BCUT2D eigenvalue weighted by Crippen LogP contribution is 2.64. The van der Waals surface area contributed by atoms with Gasteiger partial charge in [-0.3, -0.25) is 9.63 Å². The molecule has 0 bridgehead atoms. The minimum atomic E-state index is -8.70. The number of alkyl halides is 17. The van der Waals surface area contributed by atoms with Crippen LogP contribution in [0.25, 0.3) is 0 Å². The number of halogens is 17. The highest BCUT2D eigenvalue weighted by molar-refractivity contribution is 5.75. The highest BCUT2D eigenvalue weighted by Gasteiger charge is 2.95. The number of rotatable bonds is 21. The van der Waals surface area contributed by atoms with Gasteiger partial charge in [0.05, 0.1) is 45.7 Å². The minimum absolute atomic E-state index is 0.0285. The number of ether oxygens (including phenoxy) is 3. The van der Waals surface area contributed by atoms with Gasteiger partial charge in [0.1, 0.15) is 0 Å². The van der Waals surface area contributed by atoms with Crippen molar-refractivity contribution in [3.8, 4) is 0 Å². The number of carbonyl (C=O) groups excluding carboxylic acids is 1. The summed E-state index contributed by atoms with van der Waals surface area (Å²) in [7, 11) is 0. The zero-order valence-corrected chi connectivity index (χ0v) is 22.0. The lowest BCUT2D eigenvalue weighted by atomic mass is 9.88. The van der Waals surface area contributed by atoms with Gasteiger partial charge in [-0.1, -0.05) is 0 Å². The molecule has 0 aromatic carbocycles. The van der Waals surface area contributed by atoms with Gasteiger partial charge in [0.25, 0.3) is 0 Å². The molecule has 0 saturated carbocycles. The van der Waals surface area contributed by atoms with E-state index in [1.165, 1.54) is 0 Å². The molecule has 1 atom stereocenters. The fraction of sp³-hybridized carbons (Fsp3) is 0.950. The molecule has 1 unspecified atom stereocenters. The molecule has 0 saturated heterocycles. The molecule has 24 heteroatoms. The molecule has 0 aromatic rings. The molecule has 0 heterocycles. The SMILES string of the molecule is CC(COCCOCCOCCNC(=O)CCC(F)(F)C(F)(F)C(F)(F)C(F)(F)C(F)(F)C(F)(F)C(F)(F)C(F)(F)F)ON. The van der Waals surface area contributed by atoms with E-state index in [0.29, 0.717) is 0 Å². The summed E-state index contributed by atoms with van der Waals surface area (Å²) in [4.78, 5) is 15.9. The summed E-state index contributed by atoms with van der Waals surface area (Å²) >= 11 is 0.